The summed E-state index contributed by atoms with van der Waals surface area (Å²) in [5.74, 6) is 1.53. The second-order valence-electron chi connectivity index (χ2n) is 4.92. The Morgan fingerprint density at radius 2 is 2.00 bits per heavy atom. The molecule has 3 nitrogen and oxygen atoms in total. The molecular weight excluding hydrogens is 284 g/mol. The van der Waals surface area contributed by atoms with Crippen molar-refractivity contribution in [1.82, 2.24) is 0 Å². The van der Waals surface area contributed by atoms with Crippen molar-refractivity contribution in [2.45, 2.75) is 26.2 Å². The number of ether oxygens (including phenoxy) is 2. The van der Waals surface area contributed by atoms with Crippen molar-refractivity contribution in [3.8, 4) is 11.5 Å². The maximum Gasteiger partial charge on any atom is 0.165 e. The fourth-order valence-corrected chi connectivity index (χ4v) is 2.55. The van der Waals surface area contributed by atoms with Crippen LogP contribution in [0.2, 0.25) is 0 Å². The molecule has 1 heterocycles. The lowest BCUT2D eigenvalue weighted by molar-refractivity contribution is 0.160. The zero-order valence-electron chi connectivity index (χ0n) is 10.3. The average Bonchev–Trinajstić information content (AvgIpc) is 2.30. The quantitative estimate of drug-likeness (QED) is 0.913. The molecule has 4 heteroatoms. The highest BCUT2D eigenvalue weighted by Gasteiger charge is 2.30. The predicted octanol–water partition coefficient (Wildman–Crippen LogP) is 2.80. The van der Waals surface area contributed by atoms with E-state index in [0.29, 0.717) is 13.2 Å². The number of hydrogen-bond acceptors (Lipinski definition) is 3. The van der Waals surface area contributed by atoms with E-state index in [1.54, 1.807) is 0 Å². The maximum atomic E-state index is 9.55. The van der Waals surface area contributed by atoms with Gasteiger partial charge in [0, 0.05) is 15.5 Å². The SMILES string of the molecule is Cc1c(Br)cc2c(c1C(C)(C)CO)OCCO2. The van der Waals surface area contributed by atoms with Gasteiger partial charge in [0.2, 0.25) is 0 Å². The Bertz CT molecular complexity index is 441. The fourth-order valence-electron chi connectivity index (χ4n) is 2.14. The van der Waals surface area contributed by atoms with Gasteiger partial charge in [0.25, 0.3) is 0 Å². The molecule has 0 spiro atoms. The van der Waals surface area contributed by atoms with Crippen molar-refractivity contribution in [3.05, 3.63) is 21.7 Å². The topological polar surface area (TPSA) is 38.7 Å². The van der Waals surface area contributed by atoms with Crippen molar-refractivity contribution >= 4 is 15.9 Å². The molecule has 0 atom stereocenters. The molecule has 0 radical (unpaired) electrons. The Labute approximate surface area is 110 Å². The lowest BCUT2D eigenvalue weighted by Gasteiger charge is -2.31. The van der Waals surface area contributed by atoms with Crippen LogP contribution in [0.1, 0.15) is 25.0 Å². The maximum absolute atomic E-state index is 9.55. The number of halogens is 1. The van der Waals surface area contributed by atoms with Crippen molar-refractivity contribution in [2.24, 2.45) is 0 Å². The van der Waals surface area contributed by atoms with Crippen LogP contribution in [0.4, 0.5) is 0 Å². The van der Waals surface area contributed by atoms with E-state index >= 15 is 0 Å². The minimum Gasteiger partial charge on any atom is -0.486 e. The van der Waals surface area contributed by atoms with Crippen molar-refractivity contribution in [3.63, 3.8) is 0 Å². The highest BCUT2D eigenvalue weighted by Crippen LogP contribution is 2.45. The van der Waals surface area contributed by atoms with Crippen LogP contribution in [0.25, 0.3) is 0 Å². The largest absolute Gasteiger partial charge is 0.486 e. The normalized spacial score (nSPS) is 14.9. The number of hydrogen-bond donors (Lipinski definition) is 1. The summed E-state index contributed by atoms with van der Waals surface area (Å²) in [5.41, 5.74) is 1.76. The molecule has 0 aromatic heterocycles. The molecule has 1 N–H and O–H groups in total. The van der Waals surface area contributed by atoms with Crippen LogP contribution in [0.5, 0.6) is 11.5 Å². The summed E-state index contributed by atoms with van der Waals surface area (Å²) in [6.07, 6.45) is 0. The van der Waals surface area contributed by atoms with Crippen LogP contribution in [-0.4, -0.2) is 24.9 Å². The van der Waals surface area contributed by atoms with Gasteiger partial charge in [-0.1, -0.05) is 29.8 Å². The van der Waals surface area contributed by atoms with Crippen molar-refractivity contribution in [1.29, 1.82) is 0 Å². The smallest absolute Gasteiger partial charge is 0.165 e. The Hall–Kier alpha value is -0.740. The van der Waals surface area contributed by atoms with Crippen molar-refractivity contribution < 1.29 is 14.6 Å². The summed E-state index contributed by atoms with van der Waals surface area (Å²) >= 11 is 3.53. The fraction of sp³-hybridized carbons (Fsp3) is 0.538. The van der Waals surface area contributed by atoms with Crippen molar-refractivity contribution in [2.75, 3.05) is 19.8 Å². The molecular formula is C13H17BrO3. The van der Waals surface area contributed by atoms with Gasteiger partial charge in [-0.3, -0.25) is 0 Å². The summed E-state index contributed by atoms with van der Waals surface area (Å²) in [4.78, 5) is 0. The van der Waals surface area contributed by atoms with Gasteiger partial charge in [-0.05, 0) is 18.6 Å². The van der Waals surface area contributed by atoms with E-state index < -0.39 is 0 Å². The van der Waals surface area contributed by atoms with Crippen LogP contribution < -0.4 is 9.47 Å². The monoisotopic (exact) mass is 300 g/mol. The molecule has 94 valence electrons. The molecule has 0 amide bonds. The van der Waals surface area contributed by atoms with E-state index in [0.717, 1.165) is 27.1 Å². The number of aliphatic hydroxyl groups is 1. The lowest BCUT2D eigenvalue weighted by Crippen LogP contribution is -2.27. The molecule has 17 heavy (non-hydrogen) atoms. The third kappa shape index (κ3) is 2.16. The van der Waals surface area contributed by atoms with Gasteiger partial charge >= 0.3 is 0 Å². The molecule has 1 aliphatic rings. The molecule has 2 rings (SSSR count). The van der Waals surface area contributed by atoms with Gasteiger partial charge in [-0.15, -0.1) is 0 Å². The minimum atomic E-state index is -0.349. The van der Waals surface area contributed by atoms with Gasteiger partial charge in [0.05, 0.1) is 6.61 Å². The molecule has 1 aromatic rings. The van der Waals surface area contributed by atoms with E-state index in [4.69, 9.17) is 9.47 Å². The summed E-state index contributed by atoms with van der Waals surface area (Å²) in [6, 6.07) is 1.93. The molecule has 0 saturated carbocycles. The predicted molar refractivity (Wildman–Crippen MR) is 70.0 cm³/mol. The summed E-state index contributed by atoms with van der Waals surface area (Å²) in [5, 5.41) is 9.55. The van der Waals surface area contributed by atoms with E-state index in [-0.39, 0.29) is 12.0 Å². The van der Waals surface area contributed by atoms with Gasteiger partial charge in [0.1, 0.15) is 13.2 Å². The summed E-state index contributed by atoms with van der Waals surface area (Å²) in [7, 11) is 0. The number of fused-ring (bicyclic) bond motifs is 1. The highest BCUT2D eigenvalue weighted by molar-refractivity contribution is 9.10. The van der Waals surface area contributed by atoms with E-state index in [9.17, 15) is 5.11 Å². The molecule has 0 aliphatic carbocycles. The van der Waals surface area contributed by atoms with Gasteiger partial charge in [-0.25, -0.2) is 0 Å². The van der Waals surface area contributed by atoms with Crippen LogP contribution in [0.15, 0.2) is 10.5 Å². The molecule has 1 aromatic carbocycles. The van der Waals surface area contributed by atoms with Gasteiger partial charge in [0.15, 0.2) is 11.5 Å². The van der Waals surface area contributed by atoms with Gasteiger partial charge in [-0.2, -0.15) is 0 Å². The number of benzene rings is 1. The van der Waals surface area contributed by atoms with Crippen LogP contribution in [-0.2, 0) is 5.41 Å². The Kier molecular flexibility index (Phi) is 3.36. The minimum absolute atomic E-state index is 0.0695. The lowest BCUT2D eigenvalue weighted by atomic mass is 9.82. The van der Waals surface area contributed by atoms with E-state index in [2.05, 4.69) is 15.9 Å². The Morgan fingerprint density at radius 3 is 2.65 bits per heavy atom. The van der Waals surface area contributed by atoms with Gasteiger partial charge < -0.3 is 14.6 Å². The van der Waals surface area contributed by atoms with Crippen LogP contribution in [0, 0.1) is 6.92 Å². The number of rotatable bonds is 2. The number of aliphatic hydroxyl groups excluding tert-OH is 1. The zero-order valence-corrected chi connectivity index (χ0v) is 11.9. The first kappa shape index (κ1) is 12.7. The zero-order chi connectivity index (χ0) is 12.6. The molecule has 0 unspecified atom stereocenters. The molecule has 0 fully saturated rings. The van der Waals surface area contributed by atoms with Crippen LogP contribution in [0.3, 0.4) is 0 Å². The standard InChI is InChI=1S/C13H17BrO3/c1-8-9(14)6-10-12(17-5-4-16-10)11(8)13(2,3)7-15/h6,15H,4-5,7H2,1-3H3. The first-order valence-electron chi connectivity index (χ1n) is 5.67. The summed E-state index contributed by atoms with van der Waals surface area (Å²) in [6.45, 7) is 7.22. The Morgan fingerprint density at radius 1 is 1.35 bits per heavy atom. The molecule has 0 saturated heterocycles. The molecule has 1 aliphatic heterocycles. The first-order valence-corrected chi connectivity index (χ1v) is 6.46. The summed E-state index contributed by atoms with van der Waals surface area (Å²) < 4.78 is 12.3. The third-order valence-electron chi connectivity index (χ3n) is 3.10. The third-order valence-corrected chi connectivity index (χ3v) is 3.92. The average molecular weight is 301 g/mol. The van der Waals surface area contributed by atoms with Crippen LogP contribution >= 0.6 is 15.9 Å². The Balaban J connectivity index is 2.67. The van der Waals surface area contributed by atoms with E-state index in [1.807, 2.05) is 26.8 Å². The first-order chi connectivity index (χ1) is 7.97. The second-order valence-corrected chi connectivity index (χ2v) is 5.78. The highest BCUT2D eigenvalue weighted by atomic mass is 79.9. The van der Waals surface area contributed by atoms with E-state index in [1.165, 1.54) is 0 Å². The second kappa shape index (κ2) is 4.50. The molecule has 0 bridgehead atoms.